The lowest BCUT2D eigenvalue weighted by molar-refractivity contribution is -0.144. The van der Waals surface area contributed by atoms with Gasteiger partial charge in [0.1, 0.15) is 22.8 Å². The second-order valence-corrected chi connectivity index (χ2v) is 4.53. The fourth-order valence-electron chi connectivity index (χ4n) is 1.58. The van der Waals surface area contributed by atoms with Crippen LogP contribution in [0.25, 0.3) is 0 Å². The molecule has 1 aromatic rings. The Morgan fingerprint density at radius 3 is 2.10 bits per heavy atom. The average molecular weight is 283 g/mol. The Kier molecular flexibility index (Phi) is 5.64. The van der Waals surface area contributed by atoms with Crippen LogP contribution in [0.2, 0.25) is 0 Å². The van der Waals surface area contributed by atoms with Crippen LogP contribution >= 0.6 is 0 Å². The van der Waals surface area contributed by atoms with E-state index in [9.17, 15) is 4.79 Å². The topological polar surface area (TPSA) is 77.0 Å². The SMILES string of the molecule is CNC(C)(CCOc1cc(OC)cc(OC)c1)C(=O)O. The number of carboxylic acids is 1. The number of benzene rings is 1. The Morgan fingerprint density at radius 1 is 1.20 bits per heavy atom. The number of carbonyl (C=O) groups is 1. The van der Waals surface area contributed by atoms with Crippen molar-refractivity contribution >= 4 is 5.97 Å². The molecule has 0 aliphatic rings. The minimum Gasteiger partial charge on any atom is -0.496 e. The van der Waals surface area contributed by atoms with Gasteiger partial charge < -0.3 is 24.6 Å². The maximum Gasteiger partial charge on any atom is 0.323 e. The molecule has 0 aromatic heterocycles. The molecule has 0 saturated heterocycles. The van der Waals surface area contributed by atoms with E-state index in [0.29, 0.717) is 23.7 Å². The van der Waals surface area contributed by atoms with E-state index in [1.54, 1.807) is 46.4 Å². The summed E-state index contributed by atoms with van der Waals surface area (Å²) in [4.78, 5) is 11.1. The van der Waals surface area contributed by atoms with Crippen molar-refractivity contribution in [3.8, 4) is 17.2 Å². The van der Waals surface area contributed by atoms with Gasteiger partial charge >= 0.3 is 5.97 Å². The molecule has 0 spiro atoms. The summed E-state index contributed by atoms with van der Waals surface area (Å²) in [6.07, 6.45) is 0.332. The molecule has 0 bridgehead atoms. The fraction of sp³-hybridized carbons (Fsp3) is 0.500. The Labute approximate surface area is 118 Å². The van der Waals surface area contributed by atoms with Crippen LogP contribution in [-0.2, 0) is 4.79 Å². The monoisotopic (exact) mass is 283 g/mol. The number of carboxylic acid groups (broad SMARTS) is 1. The van der Waals surface area contributed by atoms with Gasteiger partial charge in [-0.1, -0.05) is 0 Å². The third-order valence-corrected chi connectivity index (χ3v) is 3.22. The predicted molar refractivity (Wildman–Crippen MR) is 74.8 cm³/mol. The van der Waals surface area contributed by atoms with Crippen LogP contribution in [0.15, 0.2) is 18.2 Å². The Balaban J connectivity index is 2.68. The number of rotatable bonds is 8. The summed E-state index contributed by atoms with van der Waals surface area (Å²) >= 11 is 0. The minimum atomic E-state index is -1.01. The van der Waals surface area contributed by atoms with Crippen molar-refractivity contribution in [2.75, 3.05) is 27.9 Å². The van der Waals surface area contributed by atoms with Gasteiger partial charge in [0.05, 0.1) is 20.8 Å². The van der Waals surface area contributed by atoms with Crippen LogP contribution in [0.5, 0.6) is 17.2 Å². The number of likely N-dealkylation sites (N-methyl/N-ethyl adjacent to an activating group) is 1. The first kappa shape index (κ1) is 16.1. The maximum absolute atomic E-state index is 11.1. The molecule has 6 nitrogen and oxygen atoms in total. The largest absolute Gasteiger partial charge is 0.496 e. The summed E-state index contributed by atoms with van der Waals surface area (Å²) in [6.45, 7) is 1.88. The molecule has 0 heterocycles. The predicted octanol–water partition coefficient (Wildman–Crippen LogP) is 1.54. The van der Waals surface area contributed by atoms with Gasteiger partial charge in [0.25, 0.3) is 0 Å². The number of hydrogen-bond acceptors (Lipinski definition) is 5. The lowest BCUT2D eigenvalue weighted by Gasteiger charge is -2.24. The third kappa shape index (κ3) is 4.03. The molecule has 20 heavy (non-hydrogen) atoms. The van der Waals surface area contributed by atoms with E-state index in [0.717, 1.165) is 0 Å². The van der Waals surface area contributed by atoms with Gasteiger partial charge in [-0.05, 0) is 14.0 Å². The van der Waals surface area contributed by atoms with E-state index in [1.807, 2.05) is 0 Å². The molecule has 1 rings (SSSR count). The Hall–Kier alpha value is -1.95. The molecular weight excluding hydrogens is 262 g/mol. The summed E-state index contributed by atoms with van der Waals surface area (Å²) in [6, 6.07) is 5.18. The maximum atomic E-state index is 11.1. The van der Waals surface area contributed by atoms with Gasteiger partial charge in [-0.2, -0.15) is 0 Å². The first-order chi connectivity index (χ1) is 9.45. The summed E-state index contributed by atoms with van der Waals surface area (Å²) in [5, 5.41) is 11.9. The van der Waals surface area contributed by atoms with Gasteiger partial charge in [-0.25, -0.2) is 0 Å². The molecule has 0 radical (unpaired) electrons. The van der Waals surface area contributed by atoms with Crippen LogP contribution < -0.4 is 19.5 Å². The Morgan fingerprint density at radius 2 is 1.70 bits per heavy atom. The van der Waals surface area contributed by atoms with Crippen molar-refractivity contribution < 1.29 is 24.1 Å². The smallest absolute Gasteiger partial charge is 0.323 e. The molecule has 1 unspecified atom stereocenters. The molecule has 0 aliphatic carbocycles. The van der Waals surface area contributed by atoms with Gasteiger partial charge in [0.15, 0.2) is 0 Å². The minimum absolute atomic E-state index is 0.264. The zero-order valence-corrected chi connectivity index (χ0v) is 12.2. The number of aliphatic carboxylic acids is 1. The van der Waals surface area contributed by atoms with Crippen molar-refractivity contribution in [2.24, 2.45) is 0 Å². The van der Waals surface area contributed by atoms with Crippen LogP contribution in [0, 0.1) is 0 Å². The number of methoxy groups -OCH3 is 2. The second kappa shape index (κ2) is 7.00. The molecule has 2 N–H and O–H groups in total. The summed E-state index contributed by atoms with van der Waals surface area (Å²) in [5.41, 5.74) is -1.01. The molecule has 1 aromatic carbocycles. The molecule has 0 amide bonds. The first-order valence-corrected chi connectivity index (χ1v) is 6.23. The van der Waals surface area contributed by atoms with E-state index in [4.69, 9.17) is 19.3 Å². The zero-order chi connectivity index (χ0) is 15.2. The molecule has 1 atom stereocenters. The van der Waals surface area contributed by atoms with Crippen molar-refractivity contribution in [1.82, 2.24) is 5.32 Å². The molecule has 0 saturated carbocycles. The van der Waals surface area contributed by atoms with Crippen molar-refractivity contribution in [3.05, 3.63) is 18.2 Å². The highest BCUT2D eigenvalue weighted by Crippen LogP contribution is 2.27. The van der Waals surface area contributed by atoms with Crippen LogP contribution in [0.1, 0.15) is 13.3 Å². The summed E-state index contributed by atoms with van der Waals surface area (Å²) in [5.74, 6) is 0.903. The molecule has 6 heteroatoms. The Bertz CT molecular complexity index is 441. The van der Waals surface area contributed by atoms with E-state index >= 15 is 0 Å². The second-order valence-electron chi connectivity index (χ2n) is 4.53. The first-order valence-electron chi connectivity index (χ1n) is 6.23. The van der Waals surface area contributed by atoms with Crippen molar-refractivity contribution in [3.63, 3.8) is 0 Å². The third-order valence-electron chi connectivity index (χ3n) is 3.22. The highest BCUT2D eigenvalue weighted by atomic mass is 16.5. The lowest BCUT2D eigenvalue weighted by Crippen LogP contribution is -2.48. The van der Waals surface area contributed by atoms with Crippen molar-refractivity contribution in [2.45, 2.75) is 18.9 Å². The lowest BCUT2D eigenvalue weighted by atomic mass is 9.99. The molecule has 0 aliphatic heterocycles. The quantitative estimate of drug-likeness (QED) is 0.753. The van der Waals surface area contributed by atoms with Gasteiger partial charge in [-0.3, -0.25) is 4.79 Å². The van der Waals surface area contributed by atoms with E-state index in [-0.39, 0.29) is 6.61 Å². The summed E-state index contributed by atoms with van der Waals surface area (Å²) in [7, 11) is 4.73. The molecule has 112 valence electrons. The molecular formula is C14H21NO5. The summed E-state index contributed by atoms with van der Waals surface area (Å²) < 4.78 is 15.9. The number of ether oxygens (including phenoxy) is 3. The average Bonchev–Trinajstić information content (AvgIpc) is 2.46. The van der Waals surface area contributed by atoms with Crippen LogP contribution in [-0.4, -0.2) is 44.5 Å². The van der Waals surface area contributed by atoms with E-state index in [2.05, 4.69) is 5.32 Å². The van der Waals surface area contributed by atoms with Crippen LogP contribution in [0.4, 0.5) is 0 Å². The molecule has 0 fully saturated rings. The van der Waals surface area contributed by atoms with Gasteiger partial charge in [0, 0.05) is 24.6 Å². The standard InChI is InChI=1S/C14H21NO5/c1-14(15-2,13(16)17)5-6-20-12-8-10(18-3)7-11(9-12)19-4/h7-9,15H,5-6H2,1-4H3,(H,16,17). The fourth-order valence-corrected chi connectivity index (χ4v) is 1.58. The van der Waals surface area contributed by atoms with Crippen LogP contribution in [0.3, 0.4) is 0 Å². The van der Waals surface area contributed by atoms with E-state index < -0.39 is 11.5 Å². The van der Waals surface area contributed by atoms with Gasteiger partial charge in [0.2, 0.25) is 0 Å². The van der Waals surface area contributed by atoms with Gasteiger partial charge in [-0.15, -0.1) is 0 Å². The van der Waals surface area contributed by atoms with E-state index in [1.165, 1.54) is 0 Å². The normalized spacial score (nSPS) is 13.4. The number of hydrogen-bond donors (Lipinski definition) is 2. The number of nitrogens with one attached hydrogen (secondary N) is 1. The highest BCUT2D eigenvalue weighted by molar-refractivity contribution is 5.78. The van der Waals surface area contributed by atoms with Crippen molar-refractivity contribution in [1.29, 1.82) is 0 Å². The highest BCUT2D eigenvalue weighted by Gasteiger charge is 2.30. The zero-order valence-electron chi connectivity index (χ0n) is 12.2.